The Balaban J connectivity index is 1.83. The standard InChI is InChI=1S/C26H23F2NO4/c1-17(2)24(21-13-6-7-14-22(21)33-26(27)28)25(30)32-23(16-29)18-9-8-12-20(15-18)31-19-10-4-3-5-11-19/h3-15,17,23-24,26H,1-2H3/t23?,24-/m0/s1. The van der Waals surface area contributed by atoms with Crippen LogP contribution in [-0.4, -0.2) is 12.6 Å². The molecule has 0 aliphatic rings. The number of carbonyl (C=O) groups is 1. The maximum Gasteiger partial charge on any atom is 0.387 e. The molecule has 0 fully saturated rings. The van der Waals surface area contributed by atoms with Crippen LogP contribution in [0.15, 0.2) is 78.9 Å². The van der Waals surface area contributed by atoms with E-state index in [2.05, 4.69) is 4.74 Å². The average Bonchev–Trinajstić information content (AvgIpc) is 2.79. The topological polar surface area (TPSA) is 68.6 Å². The van der Waals surface area contributed by atoms with Gasteiger partial charge in [0, 0.05) is 11.1 Å². The van der Waals surface area contributed by atoms with Crippen molar-refractivity contribution in [3.8, 4) is 23.3 Å². The summed E-state index contributed by atoms with van der Waals surface area (Å²) in [5.74, 6) is -0.917. The third-order valence-electron chi connectivity index (χ3n) is 4.88. The molecule has 0 aliphatic carbocycles. The SMILES string of the molecule is CC(C)[C@H](C(=O)OC(C#N)c1cccc(Oc2ccccc2)c1)c1ccccc1OC(F)F. The number of nitriles is 1. The van der Waals surface area contributed by atoms with E-state index in [1.54, 1.807) is 68.4 Å². The first-order chi connectivity index (χ1) is 15.9. The predicted octanol–water partition coefficient (Wildman–Crippen LogP) is 6.63. The summed E-state index contributed by atoms with van der Waals surface area (Å²) in [5, 5.41) is 9.68. The van der Waals surface area contributed by atoms with Crippen LogP contribution in [0.2, 0.25) is 0 Å². The second-order valence-electron chi connectivity index (χ2n) is 7.57. The molecule has 7 heteroatoms. The largest absolute Gasteiger partial charge is 0.457 e. The lowest BCUT2D eigenvalue weighted by atomic mass is 9.88. The molecule has 0 aliphatic heterocycles. The van der Waals surface area contributed by atoms with E-state index in [0.717, 1.165) is 0 Å². The molecule has 5 nitrogen and oxygen atoms in total. The van der Waals surface area contributed by atoms with Crippen molar-refractivity contribution < 1.29 is 27.8 Å². The van der Waals surface area contributed by atoms with E-state index in [9.17, 15) is 18.8 Å². The highest BCUT2D eigenvalue weighted by atomic mass is 19.3. The Kier molecular flexibility index (Phi) is 7.98. The third kappa shape index (κ3) is 6.30. The highest BCUT2D eigenvalue weighted by Crippen LogP contribution is 2.35. The molecular weight excluding hydrogens is 428 g/mol. The van der Waals surface area contributed by atoms with Crippen molar-refractivity contribution in [2.45, 2.75) is 32.5 Å². The van der Waals surface area contributed by atoms with Crippen LogP contribution in [0, 0.1) is 17.2 Å². The lowest BCUT2D eigenvalue weighted by Crippen LogP contribution is -2.23. The predicted molar refractivity (Wildman–Crippen MR) is 118 cm³/mol. The molecule has 0 N–H and O–H groups in total. The molecule has 1 unspecified atom stereocenters. The summed E-state index contributed by atoms with van der Waals surface area (Å²) in [5.41, 5.74) is 0.703. The van der Waals surface area contributed by atoms with Gasteiger partial charge in [-0.2, -0.15) is 14.0 Å². The Hall–Kier alpha value is -3.92. The smallest absolute Gasteiger partial charge is 0.387 e. The number of benzene rings is 3. The fraction of sp³-hybridized carbons (Fsp3) is 0.231. The van der Waals surface area contributed by atoms with Crippen LogP contribution in [0.25, 0.3) is 0 Å². The van der Waals surface area contributed by atoms with E-state index in [-0.39, 0.29) is 17.2 Å². The Bertz CT molecular complexity index is 1110. The molecule has 0 aromatic heterocycles. The maximum atomic E-state index is 13.1. The molecule has 0 radical (unpaired) electrons. The van der Waals surface area contributed by atoms with Crippen LogP contribution in [-0.2, 0) is 9.53 Å². The number of ether oxygens (including phenoxy) is 3. The summed E-state index contributed by atoms with van der Waals surface area (Å²) >= 11 is 0. The van der Waals surface area contributed by atoms with Gasteiger partial charge in [-0.25, -0.2) is 0 Å². The first kappa shape index (κ1) is 23.7. The van der Waals surface area contributed by atoms with Gasteiger partial charge < -0.3 is 14.2 Å². The quantitative estimate of drug-likeness (QED) is 0.342. The van der Waals surface area contributed by atoms with Gasteiger partial charge in [0.25, 0.3) is 0 Å². The van der Waals surface area contributed by atoms with Gasteiger partial charge in [0.05, 0.1) is 5.92 Å². The second kappa shape index (κ2) is 11.1. The number of para-hydroxylation sites is 2. The number of hydrogen-bond donors (Lipinski definition) is 0. The fourth-order valence-electron chi connectivity index (χ4n) is 3.42. The summed E-state index contributed by atoms with van der Waals surface area (Å²) in [6.07, 6.45) is -1.21. The van der Waals surface area contributed by atoms with Crippen molar-refractivity contribution in [2.24, 2.45) is 5.92 Å². The highest BCUT2D eigenvalue weighted by molar-refractivity contribution is 5.80. The van der Waals surface area contributed by atoms with E-state index in [1.165, 1.54) is 6.07 Å². The highest BCUT2D eigenvalue weighted by Gasteiger charge is 2.31. The van der Waals surface area contributed by atoms with Crippen molar-refractivity contribution in [1.82, 2.24) is 0 Å². The summed E-state index contributed by atoms with van der Waals surface area (Å²) < 4.78 is 41.6. The van der Waals surface area contributed by atoms with Crippen LogP contribution >= 0.6 is 0 Å². The van der Waals surface area contributed by atoms with E-state index < -0.39 is 24.6 Å². The molecule has 3 rings (SSSR count). The van der Waals surface area contributed by atoms with Gasteiger partial charge in [0.1, 0.15) is 23.3 Å². The number of halogens is 2. The zero-order valence-corrected chi connectivity index (χ0v) is 18.2. The summed E-state index contributed by atoms with van der Waals surface area (Å²) in [6, 6.07) is 23.9. The molecular formula is C26H23F2NO4. The van der Waals surface area contributed by atoms with Gasteiger partial charge in [-0.15, -0.1) is 0 Å². The van der Waals surface area contributed by atoms with Crippen LogP contribution in [0.3, 0.4) is 0 Å². The zero-order chi connectivity index (χ0) is 23.8. The number of nitrogens with zero attached hydrogens (tertiary/aromatic N) is 1. The Morgan fingerprint density at radius 2 is 1.58 bits per heavy atom. The molecule has 0 heterocycles. The lowest BCUT2D eigenvalue weighted by molar-refractivity contribution is -0.150. The summed E-state index contributed by atoms with van der Waals surface area (Å²) in [6.45, 7) is 0.496. The number of carbonyl (C=O) groups excluding carboxylic acids is 1. The molecule has 0 saturated heterocycles. The molecule has 0 amide bonds. The minimum atomic E-state index is -3.03. The van der Waals surface area contributed by atoms with Crippen LogP contribution in [0.1, 0.15) is 37.0 Å². The normalized spacial score (nSPS) is 12.6. The van der Waals surface area contributed by atoms with Gasteiger partial charge in [-0.05, 0) is 36.2 Å². The Morgan fingerprint density at radius 3 is 2.24 bits per heavy atom. The monoisotopic (exact) mass is 451 g/mol. The molecule has 33 heavy (non-hydrogen) atoms. The van der Waals surface area contributed by atoms with Gasteiger partial charge in [0.15, 0.2) is 0 Å². The van der Waals surface area contributed by atoms with Crippen LogP contribution < -0.4 is 9.47 Å². The Labute approximate surface area is 191 Å². The van der Waals surface area contributed by atoms with E-state index >= 15 is 0 Å². The van der Waals surface area contributed by atoms with Crippen molar-refractivity contribution in [1.29, 1.82) is 5.26 Å². The van der Waals surface area contributed by atoms with Crippen molar-refractivity contribution in [3.05, 3.63) is 90.0 Å². The maximum absolute atomic E-state index is 13.1. The number of rotatable bonds is 9. The molecule has 2 atom stereocenters. The van der Waals surface area contributed by atoms with Crippen LogP contribution in [0.4, 0.5) is 8.78 Å². The van der Waals surface area contributed by atoms with Gasteiger partial charge in [-0.3, -0.25) is 4.79 Å². The van der Waals surface area contributed by atoms with E-state index in [4.69, 9.17) is 9.47 Å². The Morgan fingerprint density at radius 1 is 0.909 bits per heavy atom. The van der Waals surface area contributed by atoms with Crippen LogP contribution in [0.5, 0.6) is 17.2 Å². The zero-order valence-electron chi connectivity index (χ0n) is 18.2. The van der Waals surface area contributed by atoms with Crippen molar-refractivity contribution in [2.75, 3.05) is 0 Å². The molecule has 0 bridgehead atoms. The molecule has 0 saturated carbocycles. The fourth-order valence-corrected chi connectivity index (χ4v) is 3.42. The van der Waals surface area contributed by atoms with E-state index in [1.807, 2.05) is 24.3 Å². The first-order valence-electron chi connectivity index (χ1n) is 10.4. The first-order valence-corrected chi connectivity index (χ1v) is 10.4. The van der Waals surface area contributed by atoms with Gasteiger partial charge in [0.2, 0.25) is 6.10 Å². The number of esters is 1. The van der Waals surface area contributed by atoms with E-state index in [0.29, 0.717) is 17.1 Å². The minimum Gasteiger partial charge on any atom is -0.457 e. The third-order valence-corrected chi connectivity index (χ3v) is 4.88. The number of hydrogen-bond acceptors (Lipinski definition) is 5. The lowest BCUT2D eigenvalue weighted by Gasteiger charge is -2.23. The molecule has 3 aromatic carbocycles. The summed E-state index contributed by atoms with van der Waals surface area (Å²) in [4.78, 5) is 13.1. The molecule has 0 spiro atoms. The number of alkyl halides is 2. The summed E-state index contributed by atoms with van der Waals surface area (Å²) in [7, 11) is 0. The average molecular weight is 451 g/mol. The second-order valence-corrected chi connectivity index (χ2v) is 7.57. The van der Waals surface area contributed by atoms with Crippen molar-refractivity contribution >= 4 is 5.97 Å². The van der Waals surface area contributed by atoms with Gasteiger partial charge in [-0.1, -0.05) is 62.4 Å². The molecule has 170 valence electrons. The van der Waals surface area contributed by atoms with Crippen molar-refractivity contribution in [3.63, 3.8) is 0 Å². The molecule has 3 aromatic rings. The van der Waals surface area contributed by atoms with Gasteiger partial charge >= 0.3 is 12.6 Å². The minimum absolute atomic E-state index is 0.102.